The number of benzene rings is 1. The topological polar surface area (TPSA) is 59.6 Å². The lowest BCUT2D eigenvalue weighted by Crippen LogP contribution is -2.65. The molecule has 1 spiro atoms. The van der Waals surface area contributed by atoms with Crippen LogP contribution in [0, 0.1) is 11.3 Å². The molecule has 3 N–H and O–H groups in total. The summed E-state index contributed by atoms with van der Waals surface area (Å²) < 4.78 is 5.94. The molecule has 2 aliphatic carbocycles. The summed E-state index contributed by atoms with van der Waals surface area (Å²) in [6.07, 6.45) is 6.43. The zero-order valence-corrected chi connectivity index (χ0v) is 13.2. The minimum atomic E-state index is 0.304. The molecule has 1 heterocycles. The third-order valence-electron chi connectivity index (χ3n) is 5.87. The normalized spacial score (nSPS) is 32.2. The summed E-state index contributed by atoms with van der Waals surface area (Å²) in [5, 5.41) is 3.27. The number of fused-ring (bicyclic) bond motifs is 2. The monoisotopic (exact) mass is 299 g/mol. The number of ether oxygens (including phenoxy) is 1. The van der Waals surface area contributed by atoms with E-state index in [-0.39, 0.29) is 0 Å². The van der Waals surface area contributed by atoms with Crippen molar-refractivity contribution < 1.29 is 4.74 Å². The molecule has 0 bridgehead atoms. The Balaban J connectivity index is 1.49. The molecule has 4 nitrogen and oxygen atoms in total. The maximum absolute atomic E-state index is 6.19. The van der Waals surface area contributed by atoms with Crippen LogP contribution >= 0.6 is 0 Å². The van der Waals surface area contributed by atoms with Gasteiger partial charge in [0, 0.05) is 23.6 Å². The van der Waals surface area contributed by atoms with E-state index in [9.17, 15) is 0 Å². The van der Waals surface area contributed by atoms with Gasteiger partial charge in [-0.1, -0.05) is 25.5 Å². The van der Waals surface area contributed by atoms with Crippen LogP contribution in [0.3, 0.4) is 0 Å². The van der Waals surface area contributed by atoms with E-state index in [0.29, 0.717) is 29.4 Å². The molecule has 22 heavy (non-hydrogen) atoms. The van der Waals surface area contributed by atoms with E-state index in [2.05, 4.69) is 30.4 Å². The van der Waals surface area contributed by atoms with Crippen LogP contribution in [-0.4, -0.2) is 24.7 Å². The quantitative estimate of drug-likeness (QED) is 0.666. The van der Waals surface area contributed by atoms with Crippen molar-refractivity contribution in [2.24, 2.45) is 22.1 Å². The van der Waals surface area contributed by atoms with E-state index in [0.717, 1.165) is 25.1 Å². The van der Waals surface area contributed by atoms with Crippen molar-refractivity contribution in [2.75, 3.05) is 11.9 Å². The molecule has 2 saturated carbocycles. The molecule has 3 fully saturated rings. The zero-order chi connectivity index (χ0) is 15.2. The fourth-order valence-corrected chi connectivity index (χ4v) is 4.59. The fraction of sp³-hybridized carbons (Fsp3) is 0.611. The predicted octanol–water partition coefficient (Wildman–Crippen LogP) is 2.93. The van der Waals surface area contributed by atoms with Gasteiger partial charge in [0.15, 0.2) is 5.96 Å². The number of anilines is 1. The summed E-state index contributed by atoms with van der Waals surface area (Å²) in [6.45, 7) is 3.06. The van der Waals surface area contributed by atoms with Crippen LogP contribution in [0.1, 0.15) is 38.2 Å². The number of guanidine groups is 1. The first-order valence-electron chi connectivity index (χ1n) is 8.54. The van der Waals surface area contributed by atoms with E-state index in [1.54, 1.807) is 0 Å². The fourth-order valence-electron chi connectivity index (χ4n) is 4.59. The van der Waals surface area contributed by atoms with Gasteiger partial charge in [-0.2, -0.15) is 0 Å². The Morgan fingerprint density at radius 3 is 3.05 bits per heavy atom. The molecule has 118 valence electrons. The minimum absolute atomic E-state index is 0.304. The maximum Gasteiger partial charge on any atom is 0.193 e. The van der Waals surface area contributed by atoms with Crippen molar-refractivity contribution in [3.05, 3.63) is 29.8 Å². The predicted molar refractivity (Wildman–Crippen MR) is 89.0 cm³/mol. The number of nitrogens with zero attached hydrogens (tertiary/aromatic N) is 1. The molecule has 3 aliphatic rings. The van der Waals surface area contributed by atoms with Gasteiger partial charge in [0.25, 0.3) is 0 Å². The van der Waals surface area contributed by atoms with Crippen molar-refractivity contribution in [3.63, 3.8) is 0 Å². The van der Waals surface area contributed by atoms with Gasteiger partial charge in [0.1, 0.15) is 0 Å². The van der Waals surface area contributed by atoms with Crippen LogP contribution in [0.4, 0.5) is 5.69 Å². The van der Waals surface area contributed by atoms with Gasteiger partial charge >= 0.3 is 0 Å². The average Bonchev–Trinajstić information content (AvgIpc) is 2.89. The number of rotatable bonds is 3. The minimum Gasteiger partial charge on any atom is -0.377 e. The summed E-state index contributed by atoms with van der Waals surface area (Å²) in [7, 11) is 0. The highest BCUT2D eigenvalue weighted by Gasteiger charge is 2.66. The Kier molecular flexibility index (Phi) is 3.37. The van der Waals surface area contributed by atoms with Crippen LogP contribution < -0.4 is 11.1 Å². The lowest BCUT2D eigenvalue weighted by atomic mass is 9.46. The highest BCUT2D eigenvalue weighted by Crippen LogP contribution is 2.64. The number of nitrogens with one attached hydrogen (secondary N) is 1. The van der Waals surface area contributed by atoms with Crippen molar-refractivity contribution >= 4 is 11.6 Å². The van der Waals surface area contributed by atoms with Crippen LogP contribution in [0.25, 0.3) is 0 Å². The molecule has 0 aromatic heterocycles. The molecule has 1 aromatic carbocycles. The Labute approximate surface area is 132 Å². The van der Waals surface area contributed by atoms with Gasteiger partial charge in [-0.3, -0.25) is 0 Å². The lowest BCUT2D eigenvalue weighted by molar-refractivity contribution is -0.164. The van der Waals surface area contributed by atoms with Crippen LogP contribution in [0.2, 0.25) is 0 Å². The highest BCUT2D eigenvalue weighted by molar-refractivity contribution is 5.92. The molecule has 0 amide bonds. The summed E-state index contributed by atoms with van der Waals surface area (Å²) >= 11 is 0. The molecule has 0 radical (unpaired) electrons. The number of hydrogen-bond acceptors (Lipinski definition) is 2. The van der Waals surface area contributed by atoms with Gasteiger partial charge in [-0.05, 0) is 43.4 Å². The van der Waals surface area contributed by atoms with Crippen molar-refractivity contribution in [2.45, 2.75) is 51.2 Å². The van der Waals surface area contributed by atoms with Gasteiger partial charge in [0.05, 0.1) is 12.1 Å². The van der Waals surface area contributed by atoms with Crippen molar-refractivity contribution in [1.82, 2.24) is 0 Å². The Hall–Kier alpha value is -1.55. The van der Waals surface area contributed by atoms with Crippen LogP contribution in [-0.2, 0) is 11.2 Å². The number of nitrogens with two attached hydrogens (primary N) is 1. The standard InChI is InChI=1S/C18H25N3O/c1-2-12-5-3-6-13(11-12)20-17(19)21-15-14-7-10-22-16(14)18(15)8-4-9-18/h3,5-6,11,14-16H,2,4,7-10H2,1H3,(H3,19,20,21). The molecule has 4 heteroatoms. The summed E-state index contributed by atoms with van der Waals surface area (Å²) in [5.74, 6) is 1.14. The van der Waals surface area contributed by atoms with E-state index >= 15 is 0 Å². The summed E-state index contributed by atoms with van der Waals surface area (Å²) in [5.41, 5.74) is 8.83. The Bertz CT molecular complexity index is 594. The number of aryl methyl sites for hydroxylation is 1. The maximum atomic E-state index is 6.19. The van der Waals surface area contributed by atoms with E-state index in [1.165, 1.54) is 24.8 Å². The molecule has 3 atom stereocenters. The van der Waals surface area contributed by atoms with Crippen LogP contribution in [0.15, 0.2) is 29.3 Å². The van der Waals surface area contributed by atoms with E-state index in [4.69, 9.17) is 15.5 Å². The van der Waals surface area contributed by atoms with Crippen molar-refractivity contribution in [1.29, 1.82) is 0 Å². The van der Waals surface area contributed by atoms with Gasteiger partial charge < -0.3 is 15.8 Å². The summed E-state index contributed by atoms with van der Waals surface area (Å²) in [4.78, 5) is 4.85. The van der Waals surface area contributed by atoms with Gasteiger partial charge in [0.2, 0.25) is 0 Å². The first-order chi connectivity index (χ1) is 10.7. The second-order valence-electron chi connectivity index (χ2n) is 6.97. The third-order valence-corrected chi connectivity index (χ3v) is 5.87. The smallest absolute Gasteiger partial charge is 0.193 e. The molecule has 4 rings (SSSR count). The Morgan fingerprint density at radius 2 is 2.32 bits per heavy atom. The molecule has 1 aliphatic heterocycles. The first kappa shape index (κ1) is 14.1. The molecular weight excluding hydrogens is 274 g/mol. The second kappa shape index (κ2) is 5.27. The second-order valence-corrected chi connectivity index (χ2v) is 6.97. The molecule has 3 unspecified atom stereocenters. The lowest BCUT2D eigenvalue weighted by Gasteiger charge is -2.61. The molecular formula is C18H25N3O. The average molecular weight is 299 g/mol. The zero-order valence-electron chi connectivity index (χ0n) is 13.2. The number of aliphatic imine (C=N–C) groups is 1. The first-order valence-corrected chi connectivity index (χ1v) is 8.54. The third kappa shape index (κ3) is 2.04. The van der Waals surface area contributed by atoms with Crippen molar-refractivity contribution in [3.8, 4) is 0 Å². The van der Waals surface area contributed by atoms with Crippen LogP contribution in [0.5, 0.6) is 0 Å². The molecule has 1 aromatic rings. The Morgan fingerprint density at radius 1 is 1.45 bits per heavy atom. The van der Waals surface area contributed by atoms with E-state index in [1.807, 2.05) is 6.07 Å². The van der Waals surface area contributed by atoms with E-state index < -0.39 is 0 Å². The van der Waals surface area contributed by atoms with Gasteiger partial charge in [-0.25, -0.2) is 4.99 Å². The molecule has 1 saturated heterocycles. The highest BCUT2D eigenvalue weighted by atomic mass is 16.5. The number of hydrogen-bond donors (Lipinski definition) is 2. The summed E-state index contributed by atoms with van der Waals surface area (Å²) in [6, 6.07) is 8.74. The van der Waals surface area contributed by atoms with Gasteiger partial charge in [-0.15, -0.1) is 0 Å². The largest absolute Gasteiger partial charge is 0.377 e. The SMILES string of the molecule is CCc1cccc(NC(N)=NC2C3CCOC3C23CCC3)c1.